The Morgan fingerprint density at radius 3 is 3.00 bits per heavy atom. The third-order valence-corrected chi connectivity index (χ3v) is 0.910. The fourth-order valence-electron chi connectivity index (χ4n) is 0.516. The van der Waals surface area contributed by atoms with Crippen molar-refractivity contribution in [2.24, 2.45) is 0 Å². The Labute approximate surface area is 56.8 Å². The molecule has 4 heteroatoms. The summed E-state index contributed by atoms with van der Waals surface area (Å²) in [6.07, 6.45) is 2.59. The Morgan fingerprint density at radius 2 is 2.50 bits per heavy atom. The van der Waals surface area contributed by atoms with E-state index in [0.717, 1.165) is 0 Å². The van der Waals surface area contributed by atoms with Crippen LogP contribution >= 0.6 is 0 Å². The number of amides is 2. The van der Waals surface area contributed by atoms with Crippen LogP contribution < -0.4 is 5.32 Å². The largest absolute Gasteiger partial charge is 0.459 e. The highest BCUT2D eigenvalue weighted by Crippen LogP contribution is 1.97. The summed E-state index contributed by atoms with van der Waals surface area (Å²) in [5.74, 6) is -0.483. The Bertz CT molecular complexity index is 227. The average Bonchev–Trinajstić information content (AvgIpc) is 2.38. The minimum atomic E-state index is -0.583. The van der Waals surface area contributed by atoms with Gasteiger partial charge in [0, 0.05) is 0 Å². The van der Waals surface area contributed by atoms with Crippen molar-refractivity contribution in [2.45, 2.75) is 0 Å². The molecule has 10 heavy (non-hydrogen) atoms. The average molecular weight is 138 g/mol. The molecule has 0 aliphatic heterocycles. The van der Waals surface area contributed by atoms with Crippen LogP contribution in [0.25, 0.3) is 0 Å². The third kappa shape index (κ3) is 1.22. The molecule has 2 amide bonds. The Balaban J connectivity index is 2.68. The molecule has 0 aromatic carbocycles. The number of carbonyl (C=O) groups is 1. The smallest absolute Gasteiger partial charge is 0.316 e. The van der Waals surface area contributed by atoms with E-state index in [9.17, 15) is 9.59 Å². The maximum absolute atomic E-state index is 10.6. The van der Waals surface area contributed by atoms with Gasteiger partial charge in [0.2, 0.25) is 0 Å². The zero-order chi connectivity index (χ0) is 7.40. The molecule has 1 rings (SSSR count). The van der Waals surface area contributed by atoms with Crippen molar-refractivity contribution in [1.29, 1.82) is 0 Å². The van der Waals surface area contributed by atoms with E-state index in [4.69, 9.17) is 0 Å². The van der Waals surface area contributed by atoms with Crippen molar-refractivity contribution in [3.05, 3.63) is 24.2 Å². The summed E-state index contributed by atoms with van der Waals surface area (Å²) in [5, 5.41) is 1.81. The van der Waals surface area contributed by atoms with Crippen LogP contribution in [0, 0.1) is 0 Å². The first-order valence-electron chi connectivity index (χ1n) is 2.55. The van der Waals surface area contributed by atoms with Crippen molar-refractivity contribution in [2.75, 3.05) is 0 Å². The van der Waals surface area contributed by atoms with E-state index < -0.39 is 5.91 Å². The van der Waals surface area contributed by atoms with Gasteiger partial charge >= 0.3 is 6.41 Å². The number of hydrogen-bond donors (Lipinski definition) is 1. The summed E-state index contributed by atoms with van der Waals surface area (Å²) in [7, 11) is 0. The Morgan fingerprint density at radius 1 is 1.70 bits per heavy atom. The molecule has 0 spiro atoms. The second-order valence-corrected chi connectivity index (χ2v) is 1.53. The van der Waals surface area contributed by atoms with Crippen LogP contribution in [-0.2, 0) is 4.79 Å². The second kappa shape index (κ2) is 2.82. The first-order valence-corrected chi connectivity index (χ1v) is 2.55. The van der Waals surface area contributed by atoms with Crippen molar-refractivity contribution in [1.82, 2.24) is 5.32 Å². The van der Waals surface area contributed by atoms with Gasteiger partial charge in [-0.15, -0.1) is 0 Å². The normalized spacial score (nSPS) is 8.80. The monoisotopic (exact) mass is 138 g/mol. The number of imide groups is 1. The molecule has 1 aromatic rings. The van der Waals surface area contributed by atoms with Crippen molar-refractivity contribution in [3.8, 4) is 0 Å². The number of furan rings is 1. The summed E-state index contributed by atoms with van der Waals surface area (Å²) in [6, 6.07) is 3.01. The van der Waals surface area contributed by atoms with Crippen LogP contribution in [-0.4, -0.2) is 12.3 Å². The number of rotatable bonds is 2. The van der Waals surface area contributed by atoms with E-state index in [1.54, 1.807) is 6.07 Å². The van der Waals surface area contributed by atoms with Gasteiger partial charge < -0.3 is 4.42 Å². The summed E-state index contributed by atoms with van der Waals surface area (Å²) >= 11 is 0. The number of hydrogen-bond acceptors (Lipinski definition) is 3. The highest BCUT2D eigenvalue weighted by Gasteiger charge is 2.05. The lowest BCUT2D eigenvalue weighted by molar-refractivity contribution is 0.0949. The molecule has 0 unspecified atom stereocenters. The molecule has 0 fully saturated rings. The Hall–Kier alpha value is -1.58. The lowest BCUT2D eigenvalue weighted by Crippen LogP contribution is -2.20. The number of nitrogens with one attached hydrogen (secondary N) is 1. The van der Waals surface area contributed by atoms with E-state index in [2.05, 4.69) is 4.42 Å². The molecule has 0 atom stereocenters. The molecule has 0 saturated carbocycles. The first-order chi connectivity index (χ1) is 4.84. The van der Waals surface area contributed by atoms with Crippen molar-refractivity contribution < 1.29 is 14.0 Å². The molecule has 51 valence electrons. The molecule has 4 nitrogen and oxygen atoms in total. The van der Waals surface area contributed by atoms with Gasteiger partial charge in [0.25, 0.3) is 5.91 Å². The zero-order valence-electron chi connectivity index (χ0n) is 4.96. The van der Waals surface area contributed by atoms with E-state index in [0.29, 0.717) is 0 Å². The minimum Gasteiger partial charge on any atom is -0.459 e. The van der Waals surface area contributed by atoms with Crippen LogP contribution in [0.3, 0.4) is 0 Å². The van der Waals surface area contributed by atoms with Crippen molar-refractivity contribution in [3.63, 3.8) is 0 Å². The molecule has 0 aliphatic rings. The standard InChI is InChI=1S/C6H4NO3/c8-4-7-6(9)5-2-1-3-10-5/h1-3H,(H,7,8,9). The molecule has 1 heterocycles. The van der Waals surface area contributed by atoms with Crippen LogP contribution in [0.1, 0.15) is 10.6 Å². The van der Waals surface area contributed by atoms with Gasteiger partial charge in [0.15, 0.2) is 5.76 Å². The maximum Gasteiger partial charge on any atom is 0.316 e. The van der Waals surface area contributed by atoms with E-state index in [1.165, 1.54) is 18.7 Å². The molecule has 0 bridgehead atoms. The predicted octanol–water partition coefficient (Wildman–Crippen LogP) is 0.0766. The quantitative estimate of drug-likeness (QED) is 0.588. The second-order valence-electron chi connectivity index (χ2n) is 1.53. The fourth-order valence-corrected chi connectivity index (χ4v) is 0.516. The van der Waals surface area contributed by atoms with Gasteiger partial charge in [-0.1, -0.05) is 0 Å². The van der Waals surface area contributed by atoms with E-state index in [1.807, 2.05) is 5.32 Å². The lowest BCUT2D eigenvalue weighted by Gasteiger charge is -1.88. The van der Waals surface area contributed by atoms with Crippen molar-refractivity contribution >= 4 is 12.3 Å². The fraction of sp³-hybridized carbons (Fsp3) is 0. The minimum absolute atomic E-state index is 0.100. The van der Waals surface area contributed by atoms with Crippen LogP contribution in [0.15, 0.2) is 22.8 Å². The van der Waals surface area contributed by atoms with Crippen LogP contribution in [0.2, 0.25) is 0 Å². The van der Waals surface area contributed by atoms with Crippen LogP contribution in [0.5, 0.6) is 0 Å². The zero-order valence-corrected chi connectivity index (χ0v) is 4.96. The van der Waals surface area contributed by atoms with Gasteiger partial charge in [-0.25, -0.2) is 0 Å². The van der Waals surface area contributed by atoms with Gasteiger partial charge in [0.05, 0.1) is 6.26 Å². The third-order valence-electron chi connectivity index (χ3n) is 0.910. The van der Waals surface area contributed by atoms with E-state index in [-0.39, 0.29) is 5.76 Å². The SMILES string of the molecule is O=[C]NC(=O)c1ccco1. The molecule has 1 aromatic heterocycles. The summed E-state index contributed by atoms with van der Waals surface area (Å²) in [5.41, 5.74) is 0. The maximum atomic E-state index is 10.6. The molecular formula is C6H4NO3. The summed E-state index contributed by atoms with van der Waals surface area (Å²) < 4.78 is 4.66. The number of carbonyl (C=O) groups excluding carboxylic acids is 2. The molecule has 0 aliphatic carbocycles. The highest BCUT2D eigenvalue weighted by molar-refractivity contribution is 5.97. The Kier molecular flexibility index (Phi) is 1.84. The highest BCUT2D eigenvalue weighted by atomic mass is 16.3. The van der Waals surface area contributed by atoms with Gasteiger partial charge in [-0.2, -0.15) is 0 Å². The first kappa shape index (κ1) is 6.54. The topological polar surface area (TPSA) is 59.3 Å². The molecule has 0 saturated heterocycles. The van der Waals surface area contributed by atoms with Gasteiger partial charge in [-0.05, 0) is 12.1 Å². The van der Waals surface area contributed by atoms with Crippen LogP contribution in [0.4, 0.5) is 0 Å². The molecule has 1 N–H and O–H groups in total. The van der Waals surface area contributed by atoms with E-state index >= 15 is 0 Å². The molecular weight excluding hydrogens is 134 g/mol. The predicted molar refractivity (Wildman–Crippen MR) is 31.9 cm³/mol. The lowest BCUT2D eigenvalue weighted by atomic mass is 10.4. The summed E-state index contributed by atoms with van der Waals surface area (Å²) in [6.45, 7) is 0. The summed E-state index contributed by atoms with van der Waals surface area (Å²) in [4.78, 5) is 20.3. The van der Waals surface area contributed by atoms with Gasteiger partial charge in [-0.3, -0.25) is 14.9 Å². The molecule has 1 radical (unpaired) electrons. The van der Waals surface area contributed by atoms with Gasteiger partial charge in [0.1, 0.15) is 0 Å².